The van der Waals surface area contributed by atoms with Crippen molar-refractivity contribution in [2.24, 2.45) is 0 Å². The molecule has 1 aliphatic heterocycles. The number of rotatable bonds is 5. The number of hydrogen-bond acceptors (Lipinski definition) is 7. The molecule has 0 saturated carbocycles. The van der Waals surface area contributed by atoms with Crippen molar-refractivity contribution in [1.82, 2.24) is 15.0 Å². The quantitative estimate of drug-likeness (QED) is 0.759. The summed E-state index contributed by atoms with van der Waals surface area (Å²) in [5, 5.41) is 9.36. The van der Waals surface area contributed by atoms with Gasteiger partial charge in [0.1, 0.15) is 16.7 Å². The Morgan fingerprint density at radius 2 is 2.35 bits per heavy atom. The lowest BCUT2D eigenvalue weighted by molar-refractivity contribution is -0.137. The van der Waals surface area contributed by atoms with Crippen LogP contribution in [0, 0.1) is 13.8 Å². The van der Waals surface area contributed by atoms with Gasteiger partial charge < -0.3 is 20.5 Å². The molecule has 0 radical (unpaired) electrons. The number of aryl methyl sites for hydroxylation is 1. The summed E-state index contributed by atoms with van der Waals surface area (Å²) in [6.07, 6.45) is 1.14. The summed E-state index contributed by atoms with van der Waals surface area (Å²) in [5.74, 6) is -0.687. The maximum Gasteiger partial charge on any atom is 0.304 e. The van der Waals surface area contributed by atoms with Crippen molar-refractivity contribution in [3.05, 3.63) is 33.7 Å². The molecule has 8 nitrogen and oxygen atoms in total. The number of nitrogens with zero attached hydrogens (tertiary/aromatic N) is 4. The van der Waals surface area contributed by atoms with Gasteiger partial charge in [0.2, 0.25) is 5.95 Å². The molecule has 0 fully saturated rings. The minimum atomic E-state index is -2.36. The molecule has 138 valence electrons. The molecular formula is C17H20ClN5O3. The fraction of sp³-hybridized carbons (Fsp3) is 0.412. The van der Waals surface area contributed by atoms with Crippen molar-refractivity contribution in [1.29, 1.82) is 0 Å². The number of carboxylic acids is 1. The average Bonchev–Trinajstić information content (AvgIpc) is 2.92. The van der Waals surface area contributed by atoms with E-state index < -0.39 is 18.7 Å². The minimum absolute atomic E-state index is 0.0188. The largest absolute Gasteiger partial charge is 0.496 e. The number of fused-ring (bicyclic) bond motifs is 1. The van der Waals surface area contributed by atoms with Crippen molar-refractivity contribution < 1.29 is 18.8 Å². The van der Waals surface area contributed by atoms with Gasteiger partial charge in [-0.2, -0.15) is 4.98 Å². The molecule has 1 unspecified atom stereocenters. The molecule has 3 N–H and O–H groups in total. The number of aromatic nitrogens is 3. The SMILES string of the molecule is [2H]C([2H])([2H])c1cnc(CN2CC(CC(=O)O)c3c(Cl)nc(N)nc32)c(C)c1OC. The second-order valence-electron chi connectivity index (χ2n) is 6.06. The predicted molar refractivity (Wildman–Crippen MR) is 97.8 cm³/mol. The van der Waals surface area contributed by atoms with Gasteiger partial charge in [-0.05, 0) is 13.8 Å². The normalized spacial score (nSPS) is 18.0. The van der Waals surface area contributed by atoms with Gasteiger partial charge in [0.15, 0.2) is 0 Å². The fourth-order valence-corrected chi connectivity index (χ4v) is 3.56. The third-order valence-electron chi connectivity index (χ3n) is 4.38. The summed E-state index contributed by atoms with van der Waals surface area (Å²) in [7, 11) is 1.41. The van der Waals surface area contributed by atoms with Crippen molar-refractivity contribution >= 4 is 29.3 Å². The van der Waals surface area contributed by atoms with Crippen LogP contribution in [0.3, 0.4) is 0 Å². The van der Waals surface area contributed by atoms with E-state index in [-0.39, 0.29) is 35.4 Å². The highest BCUT2D eigenvalue weighted by molar-refractivity contribution is 6.30. The number of ether oxygens (including phenoxy) is 1. The highest BCUT2D eigenvalue weighted by atomic mass is 35.5. The van der Waals surface area contributed by atoms with E-state index in [4.69, 9.17) is 26.2 Å². The van der Waals surface area contributed by atoms with Crippen LogP contribution in [0.5, 0.6) is 5.75 Å². The number of carboxylic acid groups (broad SMARTS) is 1. The van der Waals surface area contributed by atoms with E-state index in [0.29, 0.717) is 29.2 Å². The first kappa shape index (κ1) is 14.5. The first-order valence-electron chi connectivity index (χ1n) is 9.35. The molecule has 2 aromatic rings. The van der Waals surface area contributed by atoms with Crippen LogP contribution in [0.4, 0.5) is 11.8 Å². The van der Waals surface area contributed by atoms with Crippen LogP contribution >= 0.6 is 11.6 Å². The molecule has 2 aromatic heterocycles. The van der Waals surface area contributed by atoms with Gasteiger partial charge in [-0.1, -0.05) is 11.6 Å². The summed E-state index contributed by atoms with van der Waals surface area (Å²) >= 11 is 6.22. The zero-order valence-corrected chi connectivity index (χ0v) is 15.0. The molecule has 1 atom stereocenters. The van der Waals surface area contributed by atoms with Crippen molar-refractivity contribution in [3.8, 4) is 5.75 Å². The van der Waals surface area contributed by atoms with Crippen molar-refractivity contribution in [2.45, 2.75) is 32.7 Å². The molecule has 3 heterocycles. The Kier molecular flexibility index (Phi) is 3.89. The Balaban J connectivity index is 2.01. The highest BCUT2D eigenvalue weighted by Gasteiger charge is 2.35. The second-order valence-corrected chi connectivity index (χ2v) is 6.42. The highest BCUT2D eigenvalue weighted by Crippen LogP contribution is 2.41. The van der Waals surface area contributed by atoms with E-state index in [9.17, 15) is 9.90 Å². The fourth-order valence-electron chi connectivity index (χ4n) is 3.23. The number of carbonyl (C=O) groups is 1. The van der Waals surface area contributed by atoms with Crippen LogP contribution in [-0.2, 0) is 11.3 Å². The summed E-state index contributed by atoms with van der Waals surface area (Å²) in [6, 6.07) is 0. The Morgan fingerprint density at radius 1 is 1.58 bits per heavy atom. The lowest BCUT2D eigenvalue weighted by Gasteiger charge is -2.21. The molecule has 26 heavy (non-hydrogen) atoms. The van der Waals surface area contributed by atoms with Crippen LogP contribution < -0.4 is 15.4 Å². The lowest BCUT2D eigenvalue weighted by atomic mass is 10.0. The van der Waals surface area contributed by atoms with E-state index >= 15 is 0 Å². The van der Waals surface area contributed by atoms with Crippen LogP contribution in [0.15, 0.2) is 6.20 Å². The zero-order chi connectivity index (χ0) is 21.5. The summed E-state index contributed by atoms with van der Waals surface area (Å²) in [5.41, 5.74) is 7.45. The average molecular weight is 381 g/mol. The first-order chi connectivity index (χ1) is 13.5. The van der Waals surface area contributed by atoms with Gasteiger partial charge in [-0.15, -0.1) is 0 Å². The number of pyridine rings is 1. The van der Waals surface area contributed by atoms with E-state index in [2.05, 4.69) is 15.0 Å². The number of nitrogens with two attached hydrogens (primary N) is 1. The Bertz CT molecular complexity index is 970. The van der Waals surface area contributed by atoms with Crippen molar-refractivity contribution in [2.75, 3.05) is 24.3 Å². The molecule has 0 amide bonds. The zero-order valence-electron chi connectivity index (χ0n) is 17.3. The van der Waals surface area contributed by atoms with Gasteiger partial charge in [0.05, 0.1) is 25.8 Å². The Morgan fingerprint density at radius 3 is 3.00 bits per heavy atom. The molecule has 1 aliphatic rings. The van der Waals surface area contributed by atoms with Crippen molar-refractivity contribution in [3.63, 3.8) is 0 Å². The van der Waals surface area contributed by atoms with Crippen LogP contribution in [0.1, 0.15) is 38.8 Å². The first-order valence-corrected chi connectivity index (χ1v) is 8.23. The van der Waals surface area contributed by atoms with E-state index in [0.717, 1.165) is 0 Å². The number of nitrogen functional groups attached to an aromatic ring is 1. The predicted octanol–water partition coefficient (Wildman–Crippen LogP) is 2.31. The number of methoxy groups -OCH3 is 1. The van der Waals surface area contributed by atoms with Gasteiger partial charge in [0, 0.05) is 39.5 Å². The standard InChI is InChI=1S/C17H20ClN5O3/c1-8-5-20-11(9(2)14(8)26-3)7-23-6-10(4-12(24)25)13-15(18)21-17(19)22-16(13)23/h5,10H,4,6-7H2,1-3H3,(H,24,25)(H2,19,21,22)/i1D3. The van der Waals surface area contributed by atoms with E-state index in [1.165, 1.54) is 13.3 Å². The third-order valence-corrected chi connectivity index (χ3v) is 4.67. The molecule has 0 aliphatic carbocycles. The summed E-state index contributed by atoms with van der Waals surface area (Å²) in [6.45, 7) is -0.0452. The molecule has 0 saturated heterocycles. The second kappa shape index (κ2) is 6.95. The molecular weight excluding hydrogens is 358 g/mol. The molecule has 0 spiro atoms. The molecule has 0 aromatic carbocycles. The topological polar surface area (TPSA) is 114 Å². The molecule has 3 rings (SSSR count). The summed E-state index contributed by atoms with van der Waals surface area (Å²) in [4.78, 5) is 25.6. The number of anilines is 2. The van der Waals surface area contributed by atoms with Crippen LogP contribution in [-0.4, -0.2) is 39.7 Å². The van der Waals surface area contributed by atoms with Gasteiger partial charge in [-0.3, -0.25) is 9.78 Å². The smallest absolute Gasteiger partial charge is 0.304 e. The van der Waals surface area contributed by atoms with Gasteiger partial charge >= 0.3 is 5.97 Å². The maximum absolute atomic E-state index is 11.3. The number of halogens is 1. The Labute approximate surface area is 160 Å². The van der Waals surface area contributed by atoms with E-state index in [1.807, 2.05) is 4.90 Å². The van der Waals surface area contributed by atoms with Crippen LogP contribution in [0.25, 0.3) is 0 Å². The minimum Gasteiger partial charge on any atom is -0.496 e. The van der Waals surface area contributed by atoms with Gasteiger partial charge in [-0.25, -0.2) is 4.98 Å². The van der Waals surface area contributed by atoms with E-state index in [1.54, 1.807) is 6.92 Å². The number of aliphatic carboxylic acids is 1. The monoisotopic (exact) mass is 380 g/mol. The summed E-state index contributed by atoms with van der Waals surface area (Å²) < 4.78 is 28.3. The molecule has 9 heteroatoms. The maximum atomic E-state index is 11.3. The lowest BCUT2D eigenvalue weighted by Crippen LogP contribution is -2.24. The third kappa shape index (κ3) is 3.24. The van der Waals surface area contributed by atoms with Gasteiger partial charge in [0.25, 0.3) is 0 Å². The Hall–Kier alpha value is -2.61. The molecule has 0 bridgehead atoms. The van der Waals surface area contributed by atoms with Crippen LogP contribution in [0.2, 0.25) is 5.15 Å². The number of hydrogen-bond donors (Lipinski definition) is 2.